The molecule has 1 aromatic rings. The van der Waals surface area contributed by atoms with Crippen molar-refractivity contribution < 1.29 is 4.79 Å². The van der Waals surface area contributed by atoms with E-state index in [4.69, 9.17) is 5.73 Å². The molecule has 17 heavy (non-hydrogen) atoms. The van der Waals surface area contributed by atoms with Gasteiger partial charge in [-0.3, -0.25) is 4.79 Å². The first kappa shape index (κ1) is 12.5. The fourth-order valence-electron chi connectivity index (χ4n) is 2.05. The van der Waals surface area contributed by atoms with E-state index in [0.717, 1.165) is 18.0 Å². The molecule has 0 radical (unpaired) electrons. The molecule has 0 bridgehead atoms. The monoisotopic (exact) mass is 254 g/mol. The second kappa shape index (κ2) is 5.57. The number of nitrogens with one attached hydrogen (secondary N) is 1. The summed E-state index contributed by atoms with van der Waals surface area (Å²) in [5.41, 5.74) is 5.95. The van der Waals surface area contributed by atoms with Gasteiger partial charge in [-0.1, -0.05) is 0 Å². The first-order valence-corrected chi connectivity index (χ1v) is 6.71. The molecule has 1 unspecified atom stereocenters. The number of nitrogens with zero attached hydrogens (tertiary/aromatic N) is 2. The van der Waals surface area contributed by atoms with Gasteiger partial charge in [0.1, 0.15) is 10.7 Å². The topological polar surface area (TPSA) is 71.2 Å². The number of thiazole rings is 1. The molecule has 1 fully saturated rings. The molecule has 94 valence electrons. The van der Waals surface area contributed by atoms with E-state index in [1.165, 1.54) is 17.8 Å². The zero-order chi connectivity index (χ0) is 12.3. The van der Waals surface area contributed by atoms with E-state index >= 15 is 0 Å². The van der Waals surface area contributed by atoms with Crippen molar-refractivity contribution in [1.29, 1.82) is 0 Å². The number of hydrogen-bond donors (Lipinski definition) is 2. The Bertz CT molecular complexity index is 393. The molecule has 3 N–H and O–H groups in total. The highest BCUT2D eigenvalue weighted by Crippen LogP contribution is 2.14. The van der Waals surface area contributed by atoms with Crippen LogP contribution in [0.1, 0.15) is 28.3 Å². The summed E-state index contributed by atoms with van der Waals surface area (Å²) >= 11 is 1.43. The quantitative estimate of drug-likeness (QED) is 0.817. The van der Waals surface area contributed by atoms with Crippen LogP contribution in [0.4, 0.5) is 0 Å². The van der Waals surface area contributed by atoms with Crippen LogP contribution in [0.15, 0.2) is 5.38 Å². The van der Waals surface area contributed by atoms with Crippen molar-refractivity contribution in [3.05, 3.63) is 16.1 Å². The van der Waals surface area contributed by atoms with Crippen LogP contribution in [0.3, 0.4) is 0 Å². The van der Waals surface area contributed by atoms with Gasteiger partial charge in [-0.2, -0.15) is 0 Å². The van der Waals surface area contributed by atoms with E-state index in [2.05, 4.69) is 22.2 Å². The van der Waals surface area contributed by atoms with Gasteiger partial charge in [0.05, 0.1) is 0 Å². The standard InChI is InChI=1S/C11H18N4OS/c1-15-4-2-3-8(15)6-13-11(16)9-7-17-10(5-12)14-9/h7-8H,2-6,12H2,1H3,(H,13,16). The summed E-state index contributed by atoms with van der Waals surface area (Å²) in [7, 11) is 2.10. The smallest absolute Gasteiger partial charge is 0.270 e. The van der Waals surface area contributed by atoms with Gasteiger partial charge in [0, 0.05) is 24.5 Å². The van der Waals surface area contributed by atoms with E-state index in [9.17, 15) is 4.79 Å². The molecule has 6 heteroatoms. The average Bonchev–Trinajstić information content (AvgIpc) is 2.94. The van der Waals surface area contributed by atoms with Gasteiger partial charge in [-0.25, -0.2) is 4.98 Å². The van der Waals surface area contributed by atoms with Crippen molar-refractivity contribution in [1.82, 2.24) is 15.2 Å². The van der Waals surface area contributed by atoms with Crippen LogP contribution in [0.2, 0.25) is 0 Å². The summed E-state index contributed by atoms with van der Waals surface area (Å²) in [6, 6.07) is 0.464. The SMILES string of the molecule is CN1CCCC1CNC(=O)c1csc(CN)n1. The Labute approximate surface area is 105 Å². The molecule has 1 saturated heterocycles. The van der Waals surface area contributed by atoms with E-state index in [1.807, 2.05) is 0 Å². The molecule has 2 rings (SSSR count). The summed E-state index contributed by atoms with van der Waals surface area (Å²) in [6.07, 6.45) is 2.37. The minimum absolute atomic E-state index is 0.0961. The van der Waals surface area contributed by atoms with E-state index in [-0.39, 0.29) is 5.91 Å². The van der Waals surface area contributed by atoms with Crippen molar-refractivity contribution >= 4 is 17.2 Å². The molecule has 0 saturated carbocycles. The van der Waals surface area contributed by atoms with E-state index in [1.54, 1.807) is 5.38 Å². The number of rotatable bonds is 4. The minimum Gasteiger partial charge on any atom is -0.349 e. The van der Waals surface area contributed by atoms with Gasteiger partial charge in [0.2, 0.25) is 0 Å². The van der Waals surface area contributed by atoms with E-state index in [0.29, 0.717) is 24.8 Å². The molecule has 2 heterocycles. The molecule has 1 aliphatic rings. The fourth-order valence-corrected chi connectivity index (χ4v) is 2.70. The van der Waals surface area contributed by atoms with E-state index < -0.39 is 0 Å². The predicted molar refractivity (Wildman–Crippen MR) is 68.0 cm³/mol. The van der Waals surface area contributed by atoms with Gasteiger partial charge in [-0.05, 0) is 26.4 Å². The third-order valence-electron chi connectivity index (χ3n) is 3.13. The van der Waals surface area contributed by atoms with Crippen LogP contribution in [0, 0.1) is 0 Å². The maximum absolute atomic E-state index is 11.8. The molecule has 5 nitrogen and oxygen atoms in total. The first-order valence-electron chi connectivity index (χ1n) is 5.83. The Morgan fingerprint density at radius 1 is 1.76 bits per heavy atom. The van der Waals surface area contributed by atoms with Crippen molar-refractivity contribution in [3.63, 3.8) is 0 Å². The van der Waals surface area contributed by atoms with Gasteiger partial charge < -0.3 is 16.0 Å². The number of likely N-dealkylation sites (tertiary alicyclic amines) is 1. The fraction of sp³-hybridized carbons (Fsp3) is 0.636. The maximum Gasteiger partial charge on any atom is 0.270 e. The Balaban J connectivity index is 1.84. The van der Waals surface area contributed by atoms with Gasteiger partial charge in [-0.15, -0.1) is 11.3 Å². The lowest BCUT2D eigenvalue weighted by Gasteiger charge is -2.19. The van der Waals surface area contributed by atoms with Crippen molar-refractivity contribution in [2.24, 2.45) is 5.73 Å². The van der Waals surface area contributed by atoms with Crippen LogP contribution >= 0.6 is 11.3 Å². The largest absolute Gasteiger partial charge is 0.349 e. The highest BCUT2D eigenvalue weighted by atomic mass is 32.1. The number of carbonyl (C=O) groups excluding carboxylic acids is 1. The van der Waals surface area contributed by atoms with Gasteiger partial charge in [0.15, 0.2) is 0 Å². The highest BCUT2D eigenvalue weighted by Gasteiger charge is 2.21. The Morgan fingerprint density at radius 2 is 2.59 bits per heavy atom. The van der Waals surface area contributed by atoms with Crippen molar-refractivity contribution in [3.8, 4) is 0 Å². The zero-order valence-electron chi connectivity index (χ0n) is 9.98. The summed E-state index contributed by atoms with van der Waals surface area (Å²) < 4.78 is 0. The number of aromatic nitrogens is 1. The number of likely N-dealkylation sites (N-methyl/N-ethyl adjacent to an activating group) is 1. The second-order valence-electron chi connectivity index (χ2n) is 4.32. The zero-order valence-corrected chi connectivity index (χ0v) is 10.8. The molecule has 1 aliphatic heterocycles. The predicted octanol–water partition coefficient (Wildman–Crippen LogP) is 0.426. The molecular weight excluding hydrogens is 236 g/mol. The third-order valence-corrected chi connectivity index (χ3v) is 4.00. The molecule has 0 spiro atoms. The van der Waals surface area contributed by atoms with Gasteiger partial charge in [0.25, 0.3) is 5.91 Å². The highest BCUT2D eigenvalue weighted by molar-refractivity contribution is 7.09. The molecular formula is C11H18N4OS. The average molecular weight is 254 g/mol. The normalized spacial score (nSPS) is 20.7. The number of carbonyl (C=O) groups is 1. The van der Waals surface area contributed by atoms with Crippen LogP contribution in [0.25, 0.3) is 0 Å². The number of amides is 1. The molecule has 1 aromatic heterocycles. The van der Waals surface area contributed by atoms with Crippen LogP contribution in [0.5, 0.6) is 0 Å². The van der Waals surface area contributed by atoms with Crippen molar-refractivity contribution in [2.45, 2.75) is 25.4 Å². The lowest BCUT2D eigenvalue weighted by molar-refractivity contribution is 0.0939. The summed E-state index contributed by atoms with van der Waals surface area (Å²) in [5, 5.41) is 5.49. The summed E-state index contributed by atoms with van der Waals surface area (Å²) in [4.78, 5) is 18.3. The lowest BCUT2D eigenvalue weighted by Crippen LogP contribution is -2.38. The second-order valence-corrected chi connectivity index (χ2v) is 5.26. The third kappa shape index (κ3) is 3.02. The Hall–Kier alpha value is -0.980. The molecule has 1 amide bonds. The number of nitrogens with two attached hydrogens (primary N) is 1. The first-order chi connectivity index (χ1) is 8.20. The minimum atomic E-state index is -0.0961. The number of hydrogen-bond acceptors (Lipinski definition) is 5. The maximum atomic E-state index is 11.8. The molecule has 1 atom stereocenters. The van der Waals surface area contributed by atoms with Crippen LogP contribution in [-0.2, 0) is 6.54 Å². The summed E-state index contributed by atoms with van der Waals surface area (Å²) in [6.45, 7) is 2.21. The molecule has 0 aromatic carbocycles. The van der Waals surface area contributed by atoms with Gasteiger partial charge >= 0.3 is 0 Å². The van der Waals surface area contributed by atoms with Crippen molar-refractivity contribution in [2.75, 3.05) is 20.1 Å². The lowest BCUT2D eigenvalue weighted by atomic mass is 10.2. The molecule has 0 aliphatic carbocycles. The Morgan fingerprint density at radius 3 is 3.18 bits per heavy atom. The van der Waals surface area contributed by atoms with Crippen LogP contribution < -0.4 is 11.1 Å². The summed E-state index contributed by atoms with van der Waals surface area (Å²) in [5.74, 6) is -0.0961. The van der Waals surface area contributed by atoms with Crippen LogP contribution in [-0.4, -0.2) is 42.0 Å². The Kier molecular flexibility index (Phi) is 4.09.